The molecule has 0 radical (unpaired) electrons. The highest BCUT2D eigenvalue weighted by atomic mass is 16.5. The molecular formula is C23H18N6O3. The van der Waals surface area contributed by atoms with E-state index in [1.165, 1.54) is 6.33 Å². The van der Waals surface area contributed by atoms with Crippen molar-refractivity contribution in [1.82, 2.24) is 29.7 Å². The number of hydrogen-bond donors (Lipinski definition) is 1. The lowest BCUT2D eigenvalue weighted by Gasteiger charge is -2.27. The quantitative estimate of drug-likeness (QED) is 0.470. The summed E-state index contributed by atoms with van der Waals surface area (Å²) in [5.41, 5.74) is 5.83. The van der Waals surface area contributed by atoms with Crippen LogP contribution in [0.25, 0.3) is 33.3 Å². The van der Waals surface area contributed by atoms with E-state index in [9.17, 15) is 4.79 Å². The molecule has 0 unspecified atom stereocenters. The highest BCUT2D eigenvalue weighted by Gasteiger charge is 2.32. The molecule has 32 heavy (non-hydrogen) atoms. The summed E-state index contributed by atoms with van der Waals surface area (Å²) in [4.78, 5) is 29.0. The van der Waals surface area contributed by atoms with E-state index < -0.39 is 0 Å². The number of rotatable bonds is 3. The molecule has 1 aromatic carbocycles. The summed E-state index contributed by atoms with van der Waals surface area (Å²) in [5, 5.41) is 4.12. The summed E-state index contributed by atoms with van der Waals surface area (Å²) in [6.45, 7) is 4.03. The molecule has 5 heterocycles. The number of nitrogens with zero attached hydrogens (tertiary/aromatic N) is 5. The number of aromatic amines is 1. The molecule has 0 fully saturated rings. The zero-order valence-electron chi connectivity index (χ0n) is 17.4. The largest absolute Gasteiger partial charge is 0.488 e. The van der Waals surface area contributed by atoms with Gasteiger partial charge in [-0.05, 0) is 32.0 Å². The molecule has 9 heteroatoms. The average molecular weight is 426 g/mol. The van der Waals surface area contributed by atoms with Gasteiger partial charge in [0.05, 0.1) is 22.5 Å². The van der Waals surface area contributed by atoms with Crippen LogP contribution < -0.4 is 10.4 Å². The fraction of sp³-hybridized carbons (Fsp3) is 0.174. The third-order valence-corrected chi connectivity index (χ3v) is 5.85. The number of ether oxygens (including phenoxy) is 1. The van der Waals surface area contributed by atoms with Crippen molar-refractivity contribution in [3.63, 3.8) is 0 Å². The van der Waals surface area contributed by atoms with Gasteiger partial charge in [0.15, 0.2) is 5.75 Å². The van der Waals surface area contributed by atoms with Gasteiger partial charge in [-0.1, -0.05) is 11.2 Å². The highest BCUT2D eigenvalue weighted by Crippen LogP contribution is 2.46. The Balaban J connectivity index is 1.73. The Morgan fingerprint density at radius 1 is 1.16 bits per heavy atom. The first kappa shape index (κ1) is 18.5. The number of aromatic nitrogens is 6. The lowest BCUT2D eigenvalue weighted by molar-refractivity contribution is 0.255. The predicted molar refractivity (Wildman–Crippen MR) is 116 cm³/mol. The van der Waals surface area contributed by atoms with Crippen molar-refractivity contribution in [2.75, 3.05) is 6.61 Å². The number of pyridine rings is 1. The van der Waals surface area contributed by atoms with Gasteiger partial charge in [0, 0.05) is 35.3 Å². The number of aryl methyl sites for hydroxylation is 2. The van der Waals surface area contributed by atoms with Gasteiger partial charge in [0.1, 0.15) is 30.3 Å². The van der Waals surface area contributed by atoms with Crippen molar-refractivity contribution < 1.29 is 9.26 Å². The molecular weight excluding hydrogens is 408 g/mol. The number of hydrogen-bond acceptors (Lipinski definition) is 7. The minimum atomic E-state index is -0.357. The zero-order chi connectivity index (χ0) is 21.8. The van der Waals surface area contributed by atoms with Crippen molar-refractivity contribution in [3.8, 4) is 28.0 Å². The molecule has 4 aromatic heterocycles. The van der Waals surface area contributed by atoms with Gasteiger partial charge in [-0.15, -0.1) is 0 Å². The standard InChI is InChI=1S/C23H18N6O3/c1-12-19(13(2)32-28-12)16-7-15(14-8-24-11-25-9-14)20-21-22(16)31-10-18(29(21)23(30)27-20)17-5-3-4-6-26-17/h3-9,11,18H,10H2,1-2H3,(H,27,30)/t18-/m1/s1. The van der Waals surface area contributed by atoms with E-state index in [2.05, 4.69) is 25.1 Å². The van der Waals surface area contributed by atoms with Crippen LogP contribution in [0.1, 0.15) is 23.2 Å². The first-order valence-electron chi connectivity index (χ1n) is 10.2. The first-order valence-corrected chi connectivity index (χ1v) is 10.2. The van der Waals surface area contributed by atoms with E-state index in [0.29, 0.717) is 22.5 Å². The van der Waals surface area contributed by atoms with Crippen molar-refractivity contribution in [3.05, 3.63) is 76.8 Å². The lowest BCUT2D eigenvalue weighted by Crippen LogP contribution is -2.31. The molecule has 0 spiro atoms. The van der Waals surface area contributed by atoms with Crippen molar-refractivity contribution in [2.24, 2.45) is 0 Å². The average Bonchev–Trinajstić information content (AvgIpc) is 3.35. The number of benzene rings is 1. The molecule has 1 atom stereocenters. The summed E-state index contributed by atoms with van der Waals surface area (Å²) in [5.74, 6) is 1.29. The van der Waals surface area contributed by atoms with Crippen LogP contribution in [-0.4, -0.2) is 36.3 Å². The second kappa shape index (κ2) is 6.88. The summed E-state index contributed by atoms with van der Waals surface area (Å²) >= 11 is 0. The second-order valence-electron chi connectivity index (χ2n) is 7.73. The fourth-order valence-corrected chi connectivity index (χ4v) is 4.47. The van der Waals surface area contributed by atoms with Crippen LogP contribution in [0.15, 0.2) is 58.5 Å². The maximum absolute atomic E-state index is 13.2. The smallest absolute Gasteiger partial charge is 0.327 e. The maximum Gasteiger partial charge on any atom is 0.327 e. The van der Waals surface area contributed by atoms with Gasteiger partial charge in [0.2, 0.25) is 0 Å². The molecule has 1 aliphatic rings. The third kappa shape index (κ3) is 2.60. The number of H-pyrrole nitrogens is 1. The monoisotopic (exact) mass is 426 g/mol. The molecule has 6 rings (SSSR count). The van der Waals surface area contributed by atoms with Gasteiger partial charge >= 0.3 is 5.69 Å². The van der Waals surface area contributed by atoms with Gasteiger partial charge in [-0.25, -0.2) is 14.8 Å². The normalized spacial score (nSPS) is 15.1. The van der Waals surface area contributed by atoms with Crippen LogP contribution in [0.4, 0.5) is 0 Å². The van der Waals surface area contributed by atoms with E-state index >= 15 is 0 Å². The Morgan fingerprint density at radius 2 is 2.00 bits per heavy atom. The SMILES string of the molecule is Cc1noc(C)c1-c1cc(-c2cncnc2)c2[nH]c(=O)n3c2c1OC[C@@H]3c1ccccn1. The molecule has 0 bridgehead atoms. The van der Waals surface area contributed by atoms with Gasteiger partial charge in [-0.3, -0.25) is 9.55 Å². The molecule has 0 saturated heterocycles. The Labute approximate surface area is 181 Å². The number of nitrogens with one attached hydrogen (secondary N) is 1. The minimum absolute atomic E-state index is 0.228. The van der Waals surface area contributed by atoms with E-state index in [1.807, 2.05) is 38.1 Å². The zero-order valence-corrected chi connectivity index (χ0v) is 17.4. The number of imidazole rings is 1. The molecule has 0 saturated carbocycles. The molecule has 0 aliphatic carbocycles. The van der Waals surface area contributed by atoms with Crippen LogP contribution in [0.5, 0.6) is 5.75 Å². The molecule has 158 valence electrons. The van der Waals surface area contributed by atoms with Crippen LogP contribution >= 0.6 is 0 Å². The van der Waals surface area contributed by atoms with Crippen molar-refractivity contribution in [1.29, 1.82) is 0 Å². The van der Waals surface area contributed by atoms with Crippen LogP contribution in [0.2, 0.25) is 0 Å². The molecule has 1 aliphatic heterocycles. The van der Waals surface area contributed by atoms with Gasteiger partial charge < -0.3 is 14.2 Å². The highest BCUT2D eigenvalue weighted by molar-refractivity contribution is 6.02. The van der Waals surface area contributed by atoms with E-state index in [0.717, 1.165) is 33.6 Å². The maximum atomic E-state index is 13.2. The Hall–Kier alpha value is -4.27. The van der Waals surface area contributed by atoms with Gasteiger partial charge in [0.25, 0.3) is 0 Å². The van der Waals surface area contributed by atoms with Gasteiger partial charge in [-0.2, -0.15) is 0 Å². The Bertz CT molecular complexity index is 1500. The minimum Gasteiger partial charge on any atom is -0.488 e. The first-order chi connectivity index (χ1) is 15.6. The fourth-order valence-electron chi connectivity index (χ4n) is 4.47. The van der Waals surface area contributed by atoms with Crippen molar-refractivity contribution in [2.45, 2.75) is 19.9 Å². The topological polar surface area (TPSA) is 112 Å². The van der Waals surface area contributed by atoms with E-state index in [-0.39, 0.29) is 18.3 Å². The second-order valence-corrected chi connectivity index (χ2v) is 7.73. The van der Waals surface area contributed by atoms with E-state index in [4.69, 9.17) is 9.26 Å². The third-order valence-electron chi connectivity index (χ3n) is 5.85. The van der Waals surface area contributed by atoms with E-state index in [1.54, 1.807) is 23.2 Å². The lowest BCUT2D eigenvalue weighted by atomic mass is 9.95. The summed E-state index contributed by atoms with van der Waals surface area (Å²) in [7, 11) is 0. The Morgan fingerprint density at radius 3 is 2.72 bits per heavy atom. The molecule has 0 amide bonds. The molecule has 1 N–H and O–H groups in total. The summed E-state index contributed by atoms with van der Waals surface area (Å²) in [6, 6.07) is 7.27. The summed E-state index contributed by atoms with van der Waals surface area (Å²) in [6.07, 6.45) is 6.63. The van der Waals surface area contributed by atoms with Crippen LogP contribution in [0.3, 0.4) is 0 Å². The predicted octanol–water partition coefficient (Wildman–Crippen LogP) is 3.44. The summed E-state index contributed by atoms with van der Waals surface area (Å²) < 4.78 is 13.5. The molecule has 5 aromatic rings. The Kier molecular flexibility index (Phi) is 3.97. The molecule has 9 nitrogen and oxygen atoms in total. The van der Waals surface area contributed by atoms with Crippen molar-refractivity contribution >= 4 is 11.0 Å². The van der Waals surface area contributed by atoms with Crippen LogP contribution in [-0.2, 0) is 0 Å². The van der Waals surface area contributed by atoms with Crippen LogP contribution in [0, 0.1) is 13.8 Å².